The predicted molar refractivity (Wildman–Crippen MR) is 85.9 cm³/mol. The summed E-state index contributed by atoms with van der Waals surface area (Å²) in [6.07, 6.45) is 0. The van der Waals surface area contributed by atoms with Crippen LogP contribution in [0.5, 0.6) is 5.75 Å². The minimum atomic E-state index is -0.747. The molecule has 0 spiro atoms. The number of benzene rings is 2. The van der Waals surface area contributed by atoms with Gasteiger partial charge >= 0.3 is 5.97 Å². The molecule has 0 saturated carbocycles. The molecule has 0 aliphatic heterocycles. The molecule has 22 heavy (non-hydrogen) atoms. The summed E-state index contributed by atoms with van der Waals surface area (Å²) in [7, 11) is 0. The second kappa shape index (κ2) is 7.09. The third-order valence-electron chi connectivity index (χ3n) is 2.85. The third kappa shape index (κ3) is 4.08. The van der Waals surface area contributed by atoms with E-state index >= 15 is 0 Å². The van der Waals surface area contributed by atoms with Crippen molar-refractivity contribution in [3.8, 4) is 5.75 Å². The minimum absolute atomic E-state index is 0.0358. The van der Waals surface area contributed by atoms with Crippen molar-refractivity contribution in [2.45, 2.75) is 6.92 Å². The summed E-state index contributed by atoms with van der Waals surface area (Å²) in [5, 5.41) is 12.3. The van der Waals surface area contributed by atoms with Crippen molar-refractivity contribution >= 4 is 33.5 Å². The Kier molecular flexibility index (Phi) is 5.16. The van der Waals surface area contributed by atoms with Crippen LogP contribution >= 0.6 is 15.9 Å². The van der Waals surface area contributed by atoms with Crippen molar-refractivity contribution in [2.75, 3.05) is 11.9 Å². The molecule has 0 aliphatic rings. The number of hydrogen-bond donors (Lipinski definition) is 2. The van der Waals surface area contributed by atoms with Gasteiger partial charge in [0.05, 0.1) is 5.69 Å². The highest BCUT2D eigenvalue weighted by molar-refractivity contribution is 9.10. The zero-order valence-electron chi connectivity index (χ0n) is 11.8. The molecule has 114 valence electrons. The van der Waals surface area contributed by atoms with Crippen molar-refractivity contribution < 1.29 is 19.4 Å². The number of aromatic hydroxyl groups is 1. The SMILES string of the molecule is Cc1ccc(O)c(C(=O)OCC(=O)Nc2ccccc2Br)c1. The highest BCUT2D eigenvalue weighted by atomic mass is 79.9. The van der Waals surface area contributed by atoms with Crippen molar-refractivity contribution in [3.05, 3.63) is 58.1 Å². The molecule has 2 rings (SSSR count). The van der Waals surface area contributed by atoms with Gasteiger partial charge in [-0.15, -0.1) is 0 Å². The van der Waals surface area contributed by atoms with E-state index in [4.69, 9.17) is 4.74 Å². The summed E-state index contributed by atoms with van der Waals surface area (Å²) >= 11 is 3.30. The second-order valence-electron chi connectivity index (χ2n) is 4.62. The molecule has 5 nitrogen and oxygen atoms in total. The molecule has 6 heteroatoms. The lowest BCUT2D eigenvalue weighted by molar-refractivity contribution is -0.119. The molecule has 0 radical (unpaired) electrons. The first kappa shape index (κ1) is 16.0. The van der Waals surface area contributed by atoms with E-state index in [9.17, 15) is 14.7 Å². The van der Waals surface area contributed by atoms with Gasteiger partial charge in [0, 0.05) is 4.47 Å². The van der Waals surface area contributed by atoms with E-state index in [1.54, 1.807) is 31.2 Å². The number of nitrogens with one attached hydrogen (secondary N) is 1. The topological polar surface area (TPSA) is 75.6 Å². The Morgan fingerprint density at radius 3 is 2.68 bits per heavy atom. The Labute approximate surface area is 136 Å². The smallest absolute Gasteiger partial charge is 0.342 e. The molecular formula is C16H14BrNO4. The van der Waals surface area contributed by atoms with E-state index in [2.05, 4.69) is 21.2 Å². The van der Waals surface area contributed by atoms with E-state index in [1.165, 1.54) is 12.1 Å². The first-order valence-corrected chi connectivity index (χ1v) is 7.28. The van der Waals surface area contributed by atoms with Crippen LogP contribution in [0.25, 0.3) is 0 Å². The molecule has 0 heterocycles. The van der Waals surface area contributed by atoms with Crippen molar-refractivity contribution in [1.82, 2.24) is 0 Å². The maximum atomic E-state index is 11.9. The van der Waals surface area contributed by atoms with Crippen molar-refractivity contribution in [3.63, 3.8) is 0 Å². The van der Waals surface area contributed by atoms with E-state index in [1.807, 2.05) is 6.07 Å². The number of anilines is 1. The number of aryl methyl sites for hydroxylation is 1. The normalized spacial score (nSPS) is 10.1. The highest BCUT2D eigenvalue weighted by Gasteiger charge is 2.15. The van der Waals surface area contributed by atoms with Crippen LogP contribution in [0.2, 0.25) is 0 Å². The molecule has 2 aromatic carbocycles. The van der Waals surface area contributed by atoms with E-state index in [-0.39, 0.29) is 11.3 Å². The number of rotatable bonds is 4. The molecule has 0 aliphatic carbocycles. The summed E-state index contributed by atoms with van der Waals surface area (Å²) in [6.45, 7) is 1.35. The van der Waals surface area contributed by atoms with Gasteiger partial charge < -0.3 is 15.2 Å². The lowest BCUT2D eigenvalue weighted by atomic mass is 10.1. The fourth-order valence-electron chi connectivity index (χ4n) is 1.77. The van der Waals surface area contributed by atoms with Crippen LogP contribution in [-0.4, -0.2) is 23.6 Å². The molecule has 0 saturated heterocycles. The molecule has 0 bridgehead atoms. The molecule has 0 aromatic heterocycles. The van der Waals surface area contributed by atoms with Crippen LogP contribution < -0.4 is 5.32 Å². The molecule has 0 unspecified atom stereocenters. The summed E-state index contributed by atoms with van der Waals surface area (Å²) in [5.74, 6) is -1.39. The van der Waals surface area contributed by atoms with E-state index < -0.39 is 18.5 Å². The monoisotopic (exact) mass is 363 g/mol. The number of carbonyl (C=O) groups is 2. The van der Waals surface area contributed by atoms with E-state index in [0.717, 1.165) is 10.0 Å². The summed E-state index contributed by atoms with van der Waals surface area (Å²) < 4.78 is 5.64. The summed E-state index contributed by atoms with van der Waals surface area (Å²) in [5.41, 5.74) is 1.43. The highest BCUT2D eigenvalue weighted by Crippen LogP contribution is 2.21. The zero-order valence-corrected chi connectivity index (χ0v) is 13.4. The van der Waals surface area contributed by atoms with Gasteiger partial charge in [0.1, 0.15) is 11.3 Å². The minimum Gasteiger partial charge on any atom is -0.507 e. The van der Waals surface area contributed by atoms with Crippen molar-refractivity contribution in [1.29, 1.82) is 0 Å². The number of carbonyl (C=O) groups excluding carboxylic acids is 2. The maximum absolute atomic E-state index is 11.9. The number of phenolic OH excluding ortho intramolecular Hbond substituents is 1. The Hall–Kier alpha value is -2.34. The van der Waals surface area contributed by atoms with Gasteiger partial charge in [0.25, 0.3) is 5.91 Å². The number of halogens is 1. The van der Waals surface area contributed by atoms with Gasteiger partial charge in [0.2, 0.25) is 0 Å². The Balaban J connectivity index is 1.95. The van der Waals surface area contributed by atoms with Gasteiger partial charge in [-0.1, -0.05) is 23.8 Å². The number of para-hydroxylation sites is 1. The average molecular weight is 364 g/mol. The number of phenols is 1. The summed E-state index contributed by atoms with van der Waals surface area (Å²) in [6, 6.07) is 11.7. The fraction of sp³-hybridized carbons (Fsp3) is 0.125. The maximum Gasteiger partial charge on any atom is 0.342 e. The number of amides is 1. The lowest BCUT2D eigenvalue weighted by Gasteiger charge is -2.09. The van der Waals surface area contributed by atoms with E-state index in [0.29, 0.717) is 5.69 Å². The second-order valence-corrected chi connectivity index (χ2v) is 5.48. The third-order valence-corrected chi connectivity index (χ3v) is 3.55. The van der Waals surface area contributed by atoms with Crippen LogP contribution in [0.15, 0.2) is 46.9 Å². The van der Waals surface area contributed by atoms with Crippen molar-refractivity contribution in [2.24, 2.45) is 0 Å². The zero-order chi connectivity index (χ0) is 16.1. The Morgan fingerprint density at radius 2 is 1.95 bits per heavy atom. The molecule has 2 N–H and O–H groups in total. The number of esters is 1. The Bertz CT molecular complexity index is 715. The number of ether oxygens (including phenoxy) is 1. The number of hydrogen-bond acceptors (Lipinski definition) is 4. The first-order chi connectivity index (χ1) is 10.5. The van der Waals surface area contributed by atoms with Crippen LogP contribution in [0.4, 0.5) is 5.69 Å². The lowest BCUT2D eigenvalue weighted by Crippen LogP contribution is -2.21. The van der Waals surface area contributed by atoms with Crippen LogP contribution in [-0.2, 0) is 9.53 Å². The van der Waals surface area contributed by atoms with Gasteiger partial charge in [-0.3, -0.25) is 4.79 Å². The quantitative estimate of drug-likeness (QED) is 0.817. The fourth-order valence-corrected chi connectivity index (χ4v) is 2.15. The standard InChI is InChI=1S/C16H14BrNO4/c1-10-6-7-14(19)11(8-10)16(21)22-9-15(20)18-13-5-3-2-4-12(13)17/h2-8,19H,9H2,1H3,(H,18,20). The van der Waals surface area contributed by atoms with Gasteiger partial charge in [-0.2, -0.15) is 0 Å². The Morgan fingerprint density at radius 1 is 1.23 bits per heavy atom. The molecule has 2 aromatic rings. The van der Waals surface area contributed by atoms with Crippen LogP contribution in [0.3, 0.4) is 0 Å². The van der Waals surface area contributed by atoms with Crippen LogP contribution in [0, 0.1) is 6.92 Å². The van der Waals surface area contributed by atoms with Gasteiger partial charge in [-0.05, 0) is 47.1 Å². The first-order valence-electron chi connectivity index (χ1n) is 6.48. The van der Waals surface area contributed by atoms with Gasteiger partial charge in [0.15, 0.2) is 6.61 Å². The molecular weight excluding hydrogens is 350 g/mol. The van der Waals surface area contributed by atoms with Gasteiger partial charge in [-0.25, -0.2) is 4.79 Å². The predicted octanol–water partition coefficient (Wildman–Crippen LogP) is 3.26. The average Bonchev–Trinajstić information content (AvgIpc) is 2.49. The molecule has 1 amide bonds. The molecule has 0 atom stereocenters. The van der Waals surface area contributed by atoms with Crippen LogP contribution in [0.1, 0.15) is 15.9 Å². The largest absolute Gasteiger partial charge is 0.507 e. The molecule has 0 fully saturated rings. The summed E-state index contributed by atoms with van der Waals surface area (Å²) in [4.78, 5) is 23.7.